The van der Waals surface area contributed by atoms with E-state index in [0.717, 1.165) is 24.3 Å². The number of hydrogen-bond donors (Lipinski definition) is 1. The second-order valence-corrected chi connectivity index (χ2v) is 14.6. The molecule has 0 radical (unpaired) electrons. The van der Waals surface area contributed by atoms with E-state index in [9.17, 15) is 58.2 Å². The monoisotopic (exact) mass is 683 g/mol. The number of hydrogen-bond acceptors (Lipinski definition) is 5. The van der Waals surface area contributed by atoms with Crippen molar-refractivity contribution in [3.8, 4) is 5.75 Å². The fourth-order valence-electron chi connectivity index (χ4n) is 7.04. The highest BCUT2D eigenvalue weighted by Crippen LogP contribution is 2.57. The maximum atomic E-state index is 15.0. The highest BCUT2D eigenvalue weighted by Gasteiger charge is 2.74. The van der Waals surface area contributed by atoms with Crippen LogP contribution in [0.3, 0.4) is 0 Å². The molecule has 1 saturated heterocycles. The zero-order valence-electron chi connectivity index (χ0n) is 24.2. The van der Waals surface area contributed by atoms with Crippen molar-refractivity contribution in [3.63, 3.8) is 0 Å². The van der Waals surface area contributed by atoms with Crippen molar-refractivity contribution in [1.29, 1.82) is 0 Å². The van der Waals surface area contributed by atoms with Gasteiger partial charge in [-0.05, 0) is 62.4 Å². The number of carbonyl (C=O) groups is 2. The lowest BCUT2D eigenvalue weighted by atomic mass is 9.70. The van der Waals surface area contributed by atoms with Crippen molar-refractivity contribution in [2.45, 2.75) is 66.7 Å². The summed E-state index contributed by atoms with van der Waals surface area (Å²) in [5.41, 5.74) is -8.91. The number of benzene rings is 2. The summed E-state index contributed by atoms with van der Waals surface area (Å²) in [4.78, 5) is 26.2. The number of nitrogens with zero attached hydrogens (tertiary/aromatic N) is 1. The molecule has 1 aliphatic carbocycles. The molecule has 1 N–H and O–H groups in total. The first kappa shape index (κ1) is 33.9. The van der Waals surface area contributed by atoms with Crippen molar-refractivity contribution in [2.75, 3.05) is 19.7 Å². The predicted octanol–water partition coefficient (Wildman–Crippen LogP) is 6.31. The SMILES string of the molecule is C[C@]1(C(=O)N2CCC3(S(=O)(=O)c4ccc(F)cc4)c4ccc(C(F)(C(F)(F)F)C(F)(F)F)cc4OCC3C2)CC[C@H](C(=O)O)CC1. The Labute approximate surface area is 258 Å². The molecule has 2 fully saturated rings. The van der Waals surface area contributed by atoms with E-state index in [-0.39, 0.29) is 73.7 Å². The maximum absolute atomic E-state index is 15.0. The van der Waals surface area contributed by atoms with Gasteiger partial charge in [0, 0.05) is 35.5 Å². The maximum Gasteiger partial charge on any atom is 0.435 e. The van der Waals surface area contributed by atoms with E-state index in [1.807, 2.05) is 0 Å². The first-order chi connectivity index (χ1) is 21.2. The number of carboxylic acid groups (broad SMARTS) is 1. The second-order valence-electron chi connectivity index (χ2n) is 12.4. The summed E-state index contributed by atoms with van der Waals surface area (Å²) in [5.74, 6) is -4.51. The number of sulfone groups is 1. The molecule has 1 saturated carbocycles. The number of halogens is 8. The van der Waals surface area contributed by atoms with Crippen molar-refractivity contribution in [2.24, 2.45) is 17.3 Å². The van der Waals surface area contributed by atoms with Crippen LogP contribution in [-0.4, -0.2) is 62.3 Å². The number of carbonyl (C=O) groups excluding carboxylic acids is 1. The molecule has 2 aromatic rings. The lowest BCUT2D eigenvalue weighted by Crippen LogP contribution is -2.60. The average molecular weight is 684 g/mol. The molecule has 3 aliphatic rings. The first-order valence-electron chi connectivity index (χ1n) is 14.3. The van der Waals surface area contributed by atoms with Gasteiger partial charge in [-0.25, -0.2) is 17.2 Å². The molecular formula is C30H29F8NO6S. The van der Waals surface area contributed by atoms with E-state index in [2.05, 4.69) is 0 Å². The Morgan fingerprint density at radius 1 is 0.935 bits per heavy atom. The van der Waals surface area contributed by atoms with Gasteiger partial charge in [0.2, 0.25) is 5.91 Å². The van der Waals surface area contributed by atoms with Gasteiger partial charge in [-0.1, -0.05) is 19.1 Å². The van der Waals surface area contributed by atoms with Crippen LogP contribution in [0.5, 0.6) is 5.75 Å². The molecule has 5 rings (SSSR count). The molecule has 2 aromatic carbocycles. The first-order valence-corrected chi connectivity index (χ1v) is 15.8. The van der Waals surface area contributed by atoms with E-state index < -0.39 is 79.6 Å². The summed E-state index contributed by atoms with van der Waals surface area (Å²) in [6, 6.07) is 4.80. The van der Waals surface area contributed by atoms with Gasteiger partial charge in [0.15, 0.2) is 9.84 Å². The number of amides is 1. The number of rotatable bonds is 5. The van der Waals surface area contributed by atoms with Crippen LogP contribution in [0.1, 0.15) is 50.2 Å². The van der Waals surface area contributed by atoms with Crippen LogP contribution in [0.2, 0.25) is 0 Å². The summed E-state index contributed by atoms with van der Waals surface area (Å²) in [6.45, 7) is 0.669. The van der Waals surface area contributed by atoms with Crippen molar-refractivity contribution in [3.05, 3.63) is 59.4 Å². The second kappa shape index (κ2) is 11.1. The number of piperidine rings is 1. The molecule has 16 heteroatoms. The van der Waals surface area contributed by atoms with Gasteiger partial charge in [0.1, 0.15) is 16.3 Å². The normalized spacial score (nSPS) is 27.3. The Morgan fingerprint density at radius 3 is 2.07 bits per heavy atom. The standard InChI is InChI=1S/C30H29F8NO6S/c1-26(10-8-17(9-11-26)24(40)41)25(42)39-13-12-27(46(43,44)21-5-3-20(31)4-6-21)19(15-39)16-45-23-14-18(2-7-22(23)27)28(32,29(33,34)35)30(36,37)38/h2-7,14,17,19H,8-13,15-16H2,1H3,(H,40,41)/t17-,19?,26-,27?. The third-order valence-electron chi connectivity index (χ3n) is 9.76. The largest absolute Gasteiger partial charge is 0.493 e. The lowest BCUT2D eigenvalue weighted by molar-refractivity contribution is -0.348. The molecule has 7 nitrogen and oxygen atoms in total. The van der Waals surface area contributed by atoms with E-state index in [1.165, 1.54) is 4.90 Å². The Hall–Kier alpha value is -3.43. The van der Waals surface area contributed by atoms with Gasteiger partial charge in [0.25, 0.3) is 0 Å². The van der Waals surface area contributed by atoms with Crippen LogP contribution in [0.25, 0.3) is 0 Å². The summed E-state index contributed by atoms with van der Waals surface area (Å²) in [5, 5.41) is 9.34. The number of ether oxygens (including phenoxy) is 1. The van der Waals surface area contributed by atoms with Crippen molar-refractivity contribution in [1.82, 2.24) is 4.90 Å². The van der Waals surface area contributed by atoms with Gasteiger partial charge in [-0.2, -0.15) is 26.3 Å². The molecule has 2 heterocycles. The minimum Gasteiger partial charge on any atom is -0.493 e. The van der Waals surface area contributed by atoms with E-state index in [1.54, 1.807) is 6.92 Å². The number of fused-ring (bicyclic) bond motifs is 3. The van der Waals surface area contributed by atoms with E-state index in [0.29, 0.717) is 6.07 Å². The zero-order valence-corrected chi connectivity index (χ0v) is 25.0. The van der Waals surface area contributed by atoms with Gasteiger partial charge in [-0.3, -0.25) is 9.59 Å². The smallest absolute Gasteiger partial charge is 0.435 e. The van der Waals surface area contributed by atoms with Gasteiger partial charge < -0.3 is 14.7 Å². The Morgan fingerprint density at radius 2 is 1.52 bits per heavy atom. The van der Waals surface area contributed by atoms with Crippen molar-refractivity contribution >= 4 is 21.7 Å². The Kier molecular flexibility index (Phi) is 8.17. The highest BCUT2D eigenvalue weighted by molar-refractivity contribution is 7.92. The molecule has 46 heavy (non-hydrogen) atoms. The summed E-state index contributed by atoms with van der Waals surface area (Å²) < 4.78 is 142. The average Bonchev–Trinajstić information content (AvgIpc) is 2.98. The molecule has 2 atom stereocenters. The van der Waals surface area contributed by atoms with Crippen LogP contribution < -0.4 is 4.74 Å². The van der Waals surface area contributed by atoms with E-state index in [4.69, 9.17) is 4.74 Å². The van der Waals surface area contributed by atoms with Gasteiger partial charge in [-0.15, -0.1) is 0 Å². The summed E-state index contributed by atoms with van der Waals surface area (Å²) in [7, 11) is -4.61. The molecular weight excluding hydrogens is 654 g/mol. The molecule has 1 amide bonds. The van der Waals surface area contributed by atoms with Crippen LogP contribution in [0.4, 0.5) is 35.1 Å². The fraction of sp³-hybridized carbons (Fsp3) is 0.533. The number of alkyl halides is 7. The van der Waals surface area contributed by atoms with Crippen LogP contribution in [0, 0.1) is 23.1 Å². The number of likely N-dealkylation sites (tertiary alicyclic amines) is 1. The third kappa shape index (κ3) is 5.10. The van der Waals surface area contributed by atoms with Gasteiger partial charge in [0.05, 0.1) is 17.4 Å². The van der Waals surface area contributed by atoms with Crippen LogP contribution in [-0.2, 0) is 29.8 Å². The van der Waals surface area contributed by atoms with Crippen LogP contribution in [0.15, 0.2) is 47.4 Å². The summed E-state index contributed by atoms with van der Waals surface area (Å²) >= 11 is 0. The molecule has 0 bridgehead atoms. The molecule has 2 aliphatic heterocycles. The number of aliphatic carboxylic acids is 1. The quantitative estimate of drug-likeness (QED) is 0.293. The molecule has 2 unspecified atom stereocenters. The molecule has 0 spiro atoms. The third-order valence-corrected chi connectivity index (χ3v) is 12.4. The Bertz CT molecular complexity index is 1620. The number of carboxylic acids is 1. The minimum absolute atomic E-state index is 0.201. The lowest BCUT2D eigenvalue weighted by Gasteiger charge is -2.51. The topological polar surface area (TPSA) is 101 Å². The van der Waals surface area contributed by atoms with Crippen LogP contribution >= 0.6 is 0 Å². The minimum atomic E-state index is -6.42. The van der Waals surface area contributed by atoms with E-state index >= 15 is 0 Å². The molecule has 0 aromatic heterocycles. The van der Waals surface area contributed by atoms with Crippen molar-refractivity contribution < 1.29 is 63.0 Å². The Balaban J connectivity index is 1.58. The summed E-state index contributed by atoms with van der Waals surface area (Å²) in [6.07, 6.45) is -12.2. The highest BCUT2D eigenvalue weighted by atomic mass is 32.2. The fourth-order valence-corrected chi connectivity index (χ4v) is 9.35. The predicted molar refractivity (Wildman–Crippen MR) is 144 cm³/mol. The van der Waals surface area contributed by atoms with Gasteiger partial charge >= 0.3 is 24.0 Å². The zero-order chi connectivity index (χ0) is 34.1. The molecule has 252 valence electrons.